The van der Waals surface area contributed by atoms with Gasteiger partial charge in [-0.15, -0.1) is 0 Å². The molecule has 11 amide bonds. The van der Waals surface area contributed by atoms with Crippen LogP contribution in [-0.4, -0.2) is 327 Å². The molecule has 0 aromatic carbocycles. The fourth-order valence-electron chi connectivity index (χ4n) is 13.0. The fraction of sp³-hybridized carbons (Fsp3) is 0.853. The summed E-state index contributed by atoms with van der Waals surface area (Å²) < 4.78 is 55.7. The number of unbranched alkanes of at least 4 members (excludes halogenated alkanes) is 9. The highest BCUT2D eigenvalue weighted by Gasteiger charge is 2.48. The van der Waals surface area contributed by atoms with Crippen LogP contribution in [0.2, 0.25) is 0 Å². The van der Waals surface area contributed by atoms with Gasteiger partial charge in [0.25, 0.3) is 0 Å². The average molecular weight is 1670 g/mol. The van der Waals surface area contributed by atoms with Crippen molar-refractivity contribution in [3.63, 3.8) is 0 Å². The van der Waals surface area contributed by atoms with Crippen LogP contribution in [0.25, 0.3) is 0 Å². The van der Waals surface area contributed by atoms with Crippen LogP contribution in [0.3, 0.4) is 0 Å². The number of hydrogen-bond acceptors (Lipinski definition) is 30. The summed E-state index contributed by atoms with van der Waals surface area (Å²) in [6.45, 7) is 6.78. The van der Waals surface area contributed by atoms with E-state index in [0.29, 0.717) is 91.0 Å². The smallest absolute Gasteiger partial charge is 0.407 e. The van der Waals surface area contributed by atoms with E-state index in [0.717, 1.165) is 38.5 Å². The maximum absolute atomic E-state index is 13.9. The predicted octanol–water partition coefficient (Wildman–Crippen LogP) is -2.46. The molecule has 0 aromatic heterocycles. The SMILES string of the molecule is CCOCCNC(=O)CCC(=O)NC(CCCOC(=O)NCCCCCCNC(=O)CCCOC1OC(CO)C(O)C(O)C1NC(C)=O)(CCCOC(=O)NCCCCCCNC(=O)CCCOC1OC(CO)C(O)C(O)C1NC(C)=O)CCCOC(=O)NCCCCCCNC(=O)CCCOC1OC(CO)C(O)C(O)C1NC(C)=O. The summed E-state index contributed by atoms with van der Waals surface area (Å²) >= 11 is 0. The molecule has 41 heteroatoms. The lowest BCUT2D eigenvalue weighted by atomic mass is 9.83. The molecule has 3 heterocycles. The molecule has 116 heavy (non-hydrogen) atoms. The molecule has 0 aromatic rings. The Labute approximate surface area is 678 Å². The summed E-state index contributed by atoms with van der Waals surface area (Å²) in [6.07, 6.45) is -6.99. The van der Waals surface area contributed by atoms with Gasteiger partial charge in [-0.2, -0.15) is 0 Å². The summed E-state index contributed by atoms with van der Waals surface area (Å²) in [5.74, 6) is -2.95. The third-order valence-corrected chi connectivity index (χ3v) is 19.2. The number of aliphatic hydroxyl groups excluding tert-OH is 9. The zero-order valence-electron chi connectivity index (χ0n) is 67.9. The molecule has 3 saturated heterocycles. The number of alkyl carbamates (subject to hydrolysis) is 3. The van der Waals surface area contributed by atoms with E-state index in [1.165, 1.54) is 20.8 Å². The highest BCUT2D eigenvalue weighted by molar-refractivity contribution is 5.84. The maximum atomic E-state index is 13.9. The Morgan fingerprint density at radius 3 is 0.879 bits per heavy atom. The minimum absolute atomic E-state index is 0.0260. The first-order valence-corrected chi connectivity index (χ1v) is 40.9. The van der Waals surface area contributed by atoms with Crippen LogP contribution in [-0.2, 0) is 85.7 Å². The van der Waals surface area contributed by atoms with Crippen LogP contribution in [0, 0.1) is 0 Å². The van der Waals surface area contributed by atoms with Crippen LogP contribution in [0.5, 0.6) is 0 Å². The van der Waals surface area contributed by atoms with Crippen molar-refractivity contribution in [2.45, 2.75) is 292 Å². The number of amides is 11. The summed E-state index contributed by atoms with van der Waals surface area (Å²) in [5.41, 5.74) is -1.04. The molecule has 3 fully saturated rings. The normalized spacial score (nSPS) is 23.6. The summed E-state index contributed by atoms with van der Waals surface area (Å²) in [5, 5.41) is 121. The van der Waals surface area contributed by atoms with E-state index in [9.17, 15) is 98.7 Å². The molecule has 20 N–H and O–H groups in total. The van der Waals surface area contributed by atoms with Crippen LogP contribution in [0.15, 0.2) is 0 Å². The van der Waals surface area contributed by atoms with E-state index >= 15 is 0 Å². The van der Waals surface area contributed by atoms with E-state index in [1.807, 2.05) is 6.92 Å². The Morgan fingerprint density at radius 1 is 0.319 bits per heavy atom. The Bertz CT molecular complexity index is 2580. The molecule has 0 saturated carbocycles. The van der Waals surface area contributed by atoms with Gasteiger partial charge in [0.05, 0.1) is 66.1 Å². The molecule has 3 aliphatic rings. The largest absolute Gasteiger partial charge is 0.450 e. The second kappa shape index (κ2) is 61.3. The van der Waals surface area contributed by atoms with Gasteiger partial charge < -0.3 is 152 Å². The molecular formula is C75H135N11O30. The summed E-state index contributed by atoms with van der Waals surface area (Å²) in [4.78, 5) is 138. The average Bonchev–Trinajstić information content (AvgIpc) is 0.818. The maximum Gasteiger partial charge on any atom is 0.407 e. The van der Waals surface area contributed by atoms with Crippen molar-refractivity contribution in [3.8, 4) is 0 Å². The highest BCUT2D eigenvalue weighted by Crippen LogP contribution is 2.29. The van der Waals surface area contributed by atoms with Crippen LogP contribution in [0.1, 0.15) is 195 Å². The van der Waals surface area contributed by atoms with Gasteiger partial charge in [0.1, 0.15) is 73.1 Å². The lowest BCUT2D eigenvalue weighted by Crippen LogP contribution is -2.64. The predicted molar refractivity (Wildman–Crippen MR) is 411 cm³/mol. The molecule has 15 atom stereocenters. The number of carbonyl (C=O) groups is 11. The first-order chi connectivity index (χ1) is 55.7. The van der Waals surface area contributed by atoms with E-state index in [2.05, 4.69) is 58.5 Å². The molecule has 0 spiro atoms. The molecule has 670 valence electrons. The number of carbonyl (C=O) groups excluding carboxylic acids is 11. The molecule has 15 unspecified atom stereocenters. The first kappa shape index (κ1) is 103. The zero-order valence-corrected chi connectivity index (χ0v) is 67.9. The lowest BCUT2D eigenvalue weighted by Gasteiger charge is -2.42. The van der Waals surface area contributed by atoms with Gasteiger partial charge in [-0.05, 0) is 103 Å². The van der Waals surface area contributed by atoms with E-state index in [-0.39, 0.29) is 160 Å². The van der Waals surface area contributed by atoms with Gasteiger partial charge in [-0.1, -0.05) is 38.5 Å². The van der Waals surface area contributed by atoms with Crippen molar-refractivity contribution in [3.05, 3.63) is 0 Å². The van der Waals surface area contributed by atoms with Crippen molar-refractivity contribution in [1.29, 1.82) is 0 Å². The number of rotatable bonds is 62. The third kappa shape index (κ3) is 44.1. The topological polar surface area (TPSA) is 594 Å². The van der Waals surface area contributed by atoms with E-state index in [1.54, 1.807) is 0 Å². The van der Waals surface area contributed by atoms with Crippen molar-refractivity contribution in [2.24, 2.45) is 0 Å². The molecular weight excluding hydrogens is 1530 g/mol. The monoisotopic (exact) mass is 1670 g/mol. The quantitative estimate of drug-likeness (QED) is 0.0222. The number of hydrogen-bond donors (Lipinski definition) is 20. The Hall–Kier alpha value is -7.07. The van der Waals surface area contributed by atoms with Crippen molar-refractivity contribution < 1.29 is 146 Å². The van der Waals surface area contributed by atoms with Gasteiger partial charge in [0.2, 0.25) is 47.3 Å². The zero-order chi connectivity index (χ0) is 85.5. The summed E-state index contributed by atoms with van der Waals surface area (Å²) in [7, 11) is 0. The van der Waals surface area contributed by atoms with Crippen LogP contribution < -0.4 is 58.5 Å². The van der Waals surface area contributed by atoms with Crippen molar-refractivity contribution >= 4 is 65.5 Å². The minimum atomic E-state index is -1.46. The van der Waals surface area contributed by atoms with Crippen molar-refractivity contribution in [2.75, 3.05) is 118 Å². The number of aliphatic hydroxyl groups is 9. The van der Waals surface area contributed by atoms with E-state index < -0.39 is 159 Å². The van der Waals surface area contributed by atoms with E-state index in [4.69, 9.17) is 47.4 Å². The standard InChI is InChI=1S/C75H135N11O30/c1-5-107-45-38-79-58(96)27-28-59(97)86-75(29-21-42-111-72(104)80-35-15-9-6-12-32-76-55(93)24-18-39-108-69-60(83-49(2)90)66(101)63(98)52(46-87)114-69,30-22-43-112-73(105)81-36-16-10-7-13-33-77-56(94)25-19-40-109-70-61(84-50(3)91)67(102)64(99)53(47-88)115-70)31-23-44-113-74(106)82-37-17-11-8-14-34-78-57(95)26-20-41-110-71-62(85-51(4)92)68(103)65(100)54(48-89)116-71/h52-54,60-71,87-89,98-103H,5-48H2,1-4H3,(H,76,93)(H,77,94)(H,78,95)(H,79,96)(H,80,104)(H,81,105)(H,82,106)(H,83,90)(H,84,91)(H,85,92)(H,86,97). The minimum Gasteiger partial charge on any atom is -0.450 e. The van der Waals surface area contributed by atoms with Gasteiger partial charge in [0.15, 0.2) is 18.9 Å². The lowest BCUT2D eigenvalue weighted by molar-refractivity contribution is -0.270. The fourth-order valence-corrected chi connectivity index (χ4v) is 13.0. The van der Waals surface area contributed by atoms with Crippen LogP contribution >= 0.6 is 0 Å². The van der Waals surface area contributed by atoms with Gasteiger partial charge >= 0.3 is 18.3 Å². The number of nitrogens with one attached hydrogen (secondary N) is 11. The molecule has 0 bridgehead atoms. The molecule has 41 nitrogen and oxygen atoms in total. The molecule has 3 aliphatic heterocycles. The second-order valence-corrected chi connectivity index (χ2v) is 28.9. The van der Waals surface area contributed by atoms with Crippen LogP contribution in [0.4, 0.5) is 14.4 Å². The Morgan fingerprint density at radius 2 is 0.595 bits per heavy atom. The summed E-state index contributed by atoms with van der Waals surface area (Å²) in [6, 6.07) is -3.29. The highest BCUT2D eigenvalue weighted by atomic mass is 16.7. The molecule has 0 radical (unpaired) electrons. The molecule has 3 rings (SSSR count). The van der Waals surface area contributed by atoms with Gasteiger partial charge in [0, 0.05) is 111 Å². The second-order valence-electron chi connectivity index (χ2n) is 28.9. The Kier molecular flexibility index (Phi) is 54.5. The molecule has 0 aliphatic carbocycles. The van der Waals surface area contributed by atoms with Gasteiger partial charge in [-0.3, -0.25) is 38.4 Å². The van der Waals surface area contributed by atoms with Gasteiger partial charge in [-0.25, -0.2) is 14.4 Å². The Balaban J connectivity index is 1.49. The first-order valence-electron chi connectivity index (χ1n) is 40.9. The third-order valence-electron chi connectivity index (χ3n) is 19.2. The number of ether oxygens (including phenoxy) is 10. The van der Waals surface area contributed by atoms with Crippen molar-refractivity contribution in [1.82, 2.24) is 58.5 Å².